The summed E-state index contributed by atoms with van der Waals surface area (Å²) in [5.41, 5.74) is 5.79. The van der Waals surface area contributed by atoms with Gasteiger partial charge in [0.05, 0.1) is 17.6 Å². The summed E-state index contributed by atoms with van der Waals surface area (Å²) in [6.45, 7) is 3.55. The predicted octanol–water partition coefficient (Wildman–Crippen LogP) is 2.79. The molecule has 3 N–H and O–H groups in total. The molecule has 0 fully saturated rings. The molecule has 0 aliphatic carbocycles. The minimum absolute atomic E-state index is 0.323. The Morgan fingerprint density at radius 1 is 1.30 bits per heavy atom. The number of aromatic nitrogens is 2. The van der Waals surface area contributed by atoms with Crippen LogP contribution in [-0.2, 0) is 6.18 Å². The number of hydrogen-bond acceptors (Lipinski definition) is 2. The Bertz CT molecular complexity index is 671. The highest BCUT2D eigenvalue weighted by atomic mass is 19.4. The van der Waals surface area contributed by atoms with Gasteiger partial charge in [-0.3, -0.25) is 5.41 Å². The molecule has 0 bridgehead atoms. The molecule has 1 aromatic carbocycles. The lowest BCUT2D eigenvalue weighted by molar-refractivity contribution is -0.137. The van der Waals surface area contributed by atoms with E-state index in [-0.39, 0.29) is 5.56 Å². The van der Waals surface area contributed by atoms with Crippen molar-refractivity contribution in [1.82, 2.24) is 9.55 Å². The van der Waals surface area contributed by atoms with Gasteiger partial charge in [0.25, 0.3) is 0 Å². The van der Waals surface area contributed by atoms with Crippen molar-refractivity contribution < 1.29 is 13.2 Å². The maximum absolute atomic E-state index is 13.0. The summed E-state index contributed by atoms with van der Waals surface area (Å²) >= 11 is 0. The van der Waals surface area contributed by atoms with E-state index in [4.69, 9.17) is 11.1 Å². The molecule has 1 aromatic heterocycles. The van der Waals surface area contributed by atoms with Gasteiger partial charge in [0.2, 0.25) is 0 Å². The zero-order valence-electron chi connectivity index (χ0n) is 10.9. The second-order valence-electron chi connectivity index (χ2n) is 4.43. The zero-order valence-corrected chi connectivity index (χ0v) is 10.9. The molecule has 0 unspecified atom stereocenters. The first-order valence-electron chi connectivity index (χ1n) is 5.78. The third-order valence-corrected chi connectivity index (χ3v) is 3.13. The molecule has 0 saturated heterocycles. The molecule has 20 heavy (non-hydrogen) atoms. The average molecular weight is 282 g/mol. The lowest BCUT2D eigenvalue weighted by Crippen LogP contribution is -2.19. The Hall–Kier alpha value is -2.31. The summed E-state index contributed by atoms with van der Waals surface area (Å²) in [6.07, 6.45) is -3.10. The Labute approximate surface area is 113 Å². The van der Waals surface area contributed by atoms with Crippen molar-refractivity contribution in [3.05, 3.63) is 47.0 Å². The highest BCUT2D eigenvalue weighted by Gasteiger charge is 2.34. The van der Waals surface area contributed by atoms with Crippen LogP contribution in [0.4, 0.5) is 13.2 Å². The van der Waals surface area contributed by atoms with Gasteiger partial charge in [-0.15, -0.1) is 0 Å². The first kappa shape index (κ1) is 14.1. The van der Waals surface area contributed by atoms with E-state index in [9.17, 15) is 13.2 Å². The second-order valence-corrected chi connectivity index (χ2v) is 4.43. The smallest absolute Gasteiger partial charge is 0.384 e. The van der Waals surface area contributed by atoms with Gasteiger partial charge in [-0.1, -0.05) is 0 Å². The summed E-state index contributed by atoms with van der Waals surface area (Å²) in [5.74, 6) is -0.609. The van der Waals surface area contributed by atoms with Crippen molar-refractivity contribution in [2.45, 2.75) is 20.0 Å². The van der Waals surface area contributed by atoms with Gasteiger partial charge >= 0.3 is 6.18 Å². The number of alkyl halides is 3. The predicted molar refractivity (Wildman–Crippen MR) is 69.1 cm³/mol. The molecule has 4 nitrogen and oxygen atoms in total. The largest absolute Gasteiger partial charge is 0.417 e. The maximum Gasteiger partial charge on any atom is 0.417 e. The molecule has 0 spiro atoms. The Balaban J connectivity index is 2.64. The Morgan fingerprint density at radius 3 is 2.40 bits per heavy atom. The van der Waals surface area contributed by atoms with Crippen molar-refractivity contribution in [3.8, 4) is 5.69 Å². The first-order valence-corrected chi connectivity index (χ1v) is 5.78. The molecule has 0 aliphatic heterocycles. The van der Waals surface area contributed by atoms with E-state index in [1.54, 1.807) is 18.4 Å². The number of rotatable bonds is 2. The van der Waals surface area contributed by atoms with Crippen LogP contribution in [0.1, 0.15) is 22.5 Å². The lowest BCUT2D eigenvalue weighted by atomic mass is 10.0. The number of aryl methyl sites for hydroxylation is 1. The van der Waals surface area contributed by atoms with Crippen LogP contribution in [0.5, 0.6) is 0 Å². The minimum Gasteiger partial charge on any atom is -0.384 e. The number of nitrogens with two attached hydrogens (primary N) is 1. The SMILES string of the molecule is Cc1ncn(-c2ccc(C(=N)N)c(C(F)(F)F)c2)c1C. The molecular formula is C13H13F3N4. The number of nitrogen functional groups attached to an aromatic ring is 1. The maximum atomic E-state index is 13.0. The van der Waals surface area contributed by atoms with Crippen LogP contribution in [0.15, 0.2) is 24.5 Å². The van der Waals surface area contributed by atoms with E-state index in [1.807, 2.05) is 0 Å². The highest BCUT2D eigenvalue weighted by molar-refractivity contribution is 5.96. The van der Waals surface area contributed by atoms with Crippen LogP contribution in [0.25, 0.3) is 5.69 Å². The minimum atomic E-state index is -4.57. The fraction of sp³-hybridized carbons (Fsp3) is 0.231. The third kappa shape index (κ3) is 2.38. The molecule has 2 rings (SSSR count). The van der Waals surface area contributed by atoms with Crippen LogP contribution in [0.3, 0.4) is 0 Å². The summed E-state index contributed by atoms with van der Waals surface area (Å²) in [4.78, 5) is 4.06. The number of nitrogens with one attached hydrogen (secondary N) is 1. The Kier molecular flexibility index (Phi) is 3.29. The Morgan fingerprint density at radius 2 is 1.95 bits per heavy atom. The molecule has 0 radical (unpaired) electrons. The first-order chi connectivity index (χ1) is 9.21. The van der Waals surface area contributed by atoms with Gasteiger partial charge in [0.1, 0.15) is 5.84 Å². The highest BCUT2D eigenvalue weighted by Crippen LogP contribution is 2.33. The molecular weight excluding hydrogens is 269 g/mol. The average Bonchev–Trinajstić information content (AvgIpc) is 2.68. The van der Waals surface area contributed by atoms with Crippen molar-refractivity contribution in [2.24, 2.45) is 5.73 Å². The molecule has 0 amide bonds. The van der Waals surface area contributed by atoms with E-state index < -0.39 is 17.6 Å². The van der Waals surface area contributed by atoms with Gasteiger partial charge in [-0.05, 0) is 32.0 Å². The number of imidazole rings is 1. The van der Waals surface area contributed by atoms with Gasteiger partial charge in [0.15, 0.2) is 0 Å². The molecule has 7 heteroatoms. The van der Waals surface area contributed by atoms with Crippen LogP contribution in [0, 0.1) is 19.3 Å². The molecule has 2 aromatic rings. The van der Waals surface area contributed by atoms with Crippen LogP contribution in [0.2, 0.25) is 0 Å². The topological polar surface area (TPSA) is 67.7 Å². The van der Waals surface area contributed by atoms with Crippen molar-refractivity contribution >= 4 is 5.84 Å². The molecule has 0 aliphatic rings. The lowest BCUT2D eigenvalue weighted by Gasteiger charge is -2.14. The summed E-state index contributed by atoms with van der Waals surface area (Å²) in [5, 5.41) is 7.24. The normalized spacial score (nSPS) is 11.7. The number of benzene rings is 1. The van der Waals surface area contributed by atoms with Crippen LogP contribution < -0.4 is 5.73 Å². The quantitative estimate of drug-likeness (QED) is 0.657. The van der Waals surface area contributed by atoms with E-state index in [0.29, 0.717) is 5.69 Å². The van der Waals surface area contributed by atoms with Crippen LogP contribution >= 0.6 is 0 Å². The standard InChI is InChI=1S/C13H13F3N4/c1-7-8(2)20(6-19-7)9-3-4-10(12(17)18)11(5-9)13(14,15)16/h3-6H,1-2H3,(H3,17,18). The summed E-state index contributed by atoms with van der Waals surface area (Å²) < 4.78 is 40.7. The number of halogens is 3. The fourth-order valence-electron chi connectivity index (χ4n) is 1.91. The van der Waals surface area contributed by atoms with Gasteiger partial charge < -0.3 is 10.3 Å². The number of hydrogen-bond donors (Lipinski definition) is 2. The van der Waals surface area contributed by atoms with Crippen molar-refractivity contribution in [2.75, 3.05) is 0 Å². The van der Waals surface area contributed by atoms with Gasteiger partial charge in [0, 0.05) is 16.9 Å². The molecule has 1 heterocycles. The van der Waals surface area contributed by atoms with Gasteiger partial charge in [-0.25, -0.2) is 4.98 Å². The van der Waals surface area contributed by atoms with E-state index in [2.05, 4.69) is 4.98 Å². The second kappa shape index (κ2) is 4.66. The number of nitrogens with zero attached hydrogens (tertiary/aromatic N) is 2. The van der Waals surface area contributed by atoms with Crippen LogP contribution in [-0.4, -0.2) is 15.4 Å². The van der Waals surface area contributed by atoms with E-state index in [1.165, 1.54) is 18.5 Å². The molecule has 106 valence electrons. The zero-order chi connectivity index (χ0) is 15.1. The number of amidine groups is 1. The van der Waals surface area contributed by atoms with Crippen molar-refractivity contribution in [3.63, 3.8) is 0 Å². The fourth-order valence-corrected chi connectivity index (χ4v) is 1.91. The van der Waals surface area contributed by atoms with Gasteiger partial charge in [-0.2, -0.15) is 13.2 Å². The summed E-state index contributed by atoms with van der Waals surface area (Å²) in [7, 11) is 0. The monoisotopic (exact) mass is 282 g/mol. The molecule has 0 atom stereocenters. The third-order valence-electron chi connectivity index (χ3n) is 3.13. The molecule has 0 saturated carbocycles. The van der Waals surface area contributed by atoms with Crippen molar-refractivity contribution in [1.29, 1.82) is 5.41 Å². The van der Waals surface area contributed by atoms with E-state index >= 15 is 0 Å². The van der Waals surface area contributed by atoms with E-state index in [0.717, 1.165) is 17.5 Å². The summed E-state index contributed by atoms with van der Waals surface area (Å²) in [6, 6.07) is 3.67.